The van der Waals surface area contributed by atoms with Gasteiger partial charge < -0.3 is 10.0 Å². The molecule has 0 radical (unpaired) electrons. The Balaban J connectivity index is 2.57. The smallest absolute Gasteiger partial charge is 0.0909 e. The average molecular weight is 330 g/mol. The SMILES string of the molecule is CC(O)CN(C)c1ccnc2c(Cl)cc(Br)cc12. The number of hydrogen-bond acceptors (Lipinski definition) is 3. The fourth-order valence-corrected chi connectivity index (χ4v) is 2.85. The molecule has 1 N–H and O–H groups in total. The number of anilines is 1. The molecule has 2 rings (SSSR count). The van der Waals surface area contributed by atoms with E-state index in [4.69, 9.17) is 11.6 Å². The molecule has 0 aliphatic rings. The normalized spacial score (nSPS) is 12.7. The molecule has 18 heavy (non-hydrogen) atoms. The number of benzene rings is 1. The molecule has 2 aromatic rings. The summed E-state index contributed by atoms with van der Waals surface area (Å²) in [4.78, 5) is 6.30. The van der Waals surface area contributed by atoms with E-state index in [1.807, 2.05) is 30.1 Å². The monoisotopic (exact) mass is 328 g/mol. The number of nitrogens with zero attached hydrogens (tertiary/aromatic N) is 2. The Hall–Kier alpha value is -0.840. The van der Waals surface area contributed by atoms with Crippen molar-refractivity contribution in [2.45, 2.75) is 13.0 Å². The second-order valence-electron chi connectivity index (χ2n) is 4.34. The number of likely N-dealkylation sites (N-methyl/N-ethyl adjacent to an activating group) is 1. The largest absolute Gasteiger partial charge is 0.392 e. The molecule has 5 heteroatoms. The molecule has 0 amide bonds. The summed E-state index contributed by atoms with van der Waals surface area (Å²) in [7, 11) is 1.94. The Bertz CT molecular complexity index is 574. The molecule has 0 saturated carbocycles. The summed E-state index contributed by atoms with van der Waals surface area (Å²) in [6.07, 6.45) is 1.34. The lowest BCUT2D eigenvalue weighted by molar-refractivity contribution is 0.201. The van der Waals surface area contributed by atoms with Gasteiger partial charge in [-0.05, 0) is 25.1 Å². The Morgan fingerprint density at radius 3 is 2.89 bits per heavy atom. The van der Waals surface area contributed by atoms with E-state index in [0.29, 0.717) is 11.6 Å². The van der Waals surface area contributed by atoms with E-state index in [1.165, 1.54) is 0 Å². The number of aliphatic hydroxyl groups is 1. The zero-order valence-corrected chi connectivity index (χ0v) is 12.5. The van der Waals surface area contributed by atoms with Crippen molar-refractivity contribution >= 4 is 44.1 Å². The number of aromatic nitrogens is 1. The summed E-state index contributed by atoms with van der Waals surface area (Å²) in [5, 5.41) is 11.1. The van der Waals surface area contributed by atoms with Crippen molar-refractivity contribution in [3.05, 3.63) is 33.9 Å². The fraction of sp³-hybridized carbons (Fsp3) is 0.308. The van der Waals surface area contributed by atoms with Gasteiger partial charge in [0.15, 0.2) is 0 Å². The van der Waals surface area contributed by atoms with E-state index in [1.54, 1.807) is 13.1 Å². The Labute approximate surface area is 120 Å². The van der Waals surface area contributed by atoms with Gasteiger partial charge >= 0.3 is 0 Å². The standard InChI is InChI=1S/C13H14BrClN2O/c1-8(18)7-17(2)12-3-4-16-13-10(12)5-9(14)6-11(13)15/h3-6,8,18H,7H2,1-2H3. The van der Waals surface area contributed by atoms with E-state index in [9.17, 15) is 5.11 Å². The van der Waals surface area contributed by atoms with E-state index >= 15 is 0 Å². The van der Waals surface area contributed by atoms with Crippen LogP contribution in [0, 0.1) is 0 Å². The van der Waals surface area contributed by atoms with Crippen LogP contribution in [-0.2, 0) is 0 Å². The maximum absolute atomic E-state index is 9.47. The van der Waals surface area contributed by atoms with Crippen LogP contribution in [0.1, 0.15) is 6.92 Å². The van der Waals surface area contributed by atoms with Crippen molar-refractivity contribution in [3.63, 3.8) is 0 Å². The molecule has 0 aliphatic heterocycles. The lowest BCUT2D eigenvalue weighted by Gasteiger charge is -2.22. The quantitative estimate of drug-likeness (QED) is 0.937. The highest BCUT2D eigenvalue weighted by atomic mass is 79.9. The second-order valence-corrected chi connectivity index (χ2v) is 5.67. The van der Waals surface area contributed by atoms with Crippen molar-refractivity contribution in [2.24, 2.45) is 0 Å². The van der Waals surface area contributed by atoms with Crippen LogP contribution in [-0.4, -0.2) is 29.8 Å². The van der Waals surface area contributed by atoms with Gasteiger partial charge in [0.05, 0.1) is 16.6 Å². The van der Waals surface area contributed by atoms with Crippen LogP contribution in [0.15, 0.2) is 28.9 Å². The van der Waals surface area contributed by atoms with Gasteiger partial charge in [-0.25, -0.2) is 0 Å². The molecule has 3 nitrogen and oxygen atoms in total. The second kappa shape index (κ2) is 5.43. The molecule has 1 aromatic heterocycles. The highest BCUT2D eigenvalue weighted by Crippen LogP contribution is 2.32. The maximum Gasteiger partial charge on any atom is 0.0909 e. The van der Waals surface area contributed by atoms with E-state index < -0.39 is 0 Å². The summed E-state index contributed by atoms with van der Waals surface area (Å²) < 4.78 is 0.916. The molecule has 1 unspecified atom stereocenters. The molecule has 0 saturated heterocycles. The Morgan fingerprint density at radius 2 is 2.22 bits per heavy atom. The van der Waals surface area contributed by atoms with E-state index in [0.717, 1.165) is 21.1 Å². The third-order valence-electron chi connectivity index (χ3n) is 2.69. The first-order valence-corrected chi connectivity index (χ1v) is 6.79. The number of hydrogen-bond donors (Lipinski definition) is 1. The highest BCUT2D eigenvalue weighted by molar-refractivity contribution is 9.10. The first kappa shape index (κ1) is 13.6. The molecule has 0 spiro atoms. The summed E-state index contributed by atoms with van der Waals surface area (Å²) in [6.45, 7) is 2.33. The minimum Gasteiger partial charge on any atom is -0.392 e. The number of fused-ring (bicyclic) bond motifs is 1. The van der Waals surface area contributed by atoms with Gasteiger partial charge in [0.1, 0.15) is 0 Å². The molecule has 1 heterocycles. The van der Waals surface area contributed by atoms with Crippen LogP contribution >= 0.6 is 27.5 Å². The van der Waals surface area contributed by atoms with Crippen molar-refractivity contribution in [1.29, 1.82) is 0 Å². The zero-order chi connectivity index (χ0) is 13.3. The summed E-state index contributed by atoms with van der Waals surface area (Å²) in [6, 6.07) is 5.74. The first-order chi connectivity index (χ1) is 8.49. The average Bonchev–Trinajstić information content (AvgIpc) is 2.27. The van der Waals surface area contributed by atoms with Gasteiger partial charge in [0.25, 0.3) is 0 Å². The lowest BCUT2D eigenvalue weighted by Crippen LogP contribution is -2.27. The third-order valence-corrected chi connectivity index (χ3v) is 3.44. The molecular formula is C13H14BrClN2O. The predicted octanol–water partition coefficient (Wildman–Crippen LogP) is 3.47. The maximum atomic E-state index is 9.47. The van der Waals surface area contributed by atoms with Crippen molar-refractivity contribution in [1.82, 2.24) is 4.98 Å². The molecule has 96 valence electrons. The molecule has 1 aromatic carbocycles. The van der Waals surface area contributed by atoms with Gasteiger partial charge in [0, 0.05) is 35.3 Å². The van der Waals surface area contributed by atoms with Crippen LogP contribution in [0.25, 0.3) is 10.9 Å². The van der Waals surface area contributed by atoms with Crippen LogP contribution in [0.4, 0.5) is 5.69 Å². The van der Waals surface area contributed by atoms with Gasteiger partial charge in [-0.1, -0.05) is 27.5 Å². The minimum absolute atomic E-state index is 0.388. The number of pyridine rings is 1. The van der Waals surface area contributed by atoms with Crippen LogP contribution < -0.4 is 4.90 Å². The Morgan fingerprint density at radius 1 is 1.50 bits per heavy atom. The minimum atomic E-state index is -0.388. The third kappa shape index (κ3) is 2.76. The summed E-state index contributed by atoms with van der Waals surface area (Å²) >= 11 is 9.62. The fourth-order valence-electron chi connectivity index (χ4n) is 1.99. The van der Waals surface area contributed by atoms with Gasteiger partial charge in [-0.15, -0.1) is 0 Å². The van der Waals surface area contributed by atoms with Gasteiger partial charge in [-0.3, -0.25) is 4.98 Å². The van der Waals surface area contributed by atoms with Gasteiger partial charge in [-0.2, -0.15) is 0 Å². The van der Waals surface area contributed by atoms with Crippen LogP contribution in [0.3, 0.4) is 0 Å². The molecular weight excluding hydrogens is 316 g/mol. The number of aliphatic hydroxyl groups excluding tert-OH is 1. The van der Waals surface area contributed by atoms with Crippen molar-refractivity contribution in [2.75, 3.05) is 18.5 Å². The molecule has 0 bridgehead atoms. The van der Waals surface area contributed by atoms with Crippen LogP contribution in [0.2, 0.25) is 5.02 Å². The predicted molar refractivity (Wildman–Crippen MR) is 79.4 cm³/mol. The zero-order valence-electron chi connectivity index (χ0n) is 10.2. The topological polar surface area (TPSA) is 36.4 Å². The lowest BCUT2D eigenvalue weighted by atomic mass is 10.1. The van der Waals surface area contributed by atoms with Crippen molar-refractivity contribution < 1.29 is 5.11 Å². The number of halogens is 2. The van der Waals surface area contributed by atoms with E-state index in [-0.39, 0.29) is 6.10 Å². The van der Waals surface area contributed by atoms with Crippen molar-refractivity contribution in [3.8, 4) is 0 Å². The molecule has 0 aliphatic carbocycles. The van der Waals surface area contributed by atoms with E-state index in [2.05, 4.69) is 20.9 Å². The van der Waals surface area contributed by atoms with Crippen LogP contribution in [0.5, 0.6) is 0 Å². The summed E-state index contributed by atoms with van der Waals surface area (Å²) in [5.41, 5.74) is 1.78. The molecule has 1 atom stereocenters. The highest BCUT2D eigenvalue weighted by Gasteiger charge is 2.11. The summed E-state index contributed by atoms with van der Waals surface area (Å²) in [5.74, 6) is 0. The Kier molecular flexibility index (Phi) is 4.10. The van der Waals surface area contributed by atoms with Gasteiger partial charge in [0.2, 0.25) is 0 Å². The number of rotatable bonds is 3. The molecule has 0 fully saturated rings. The first-order valence-electron chi connectivity index (χ1n) is 5.62.